The number of halogens is 1. The van der Waals surface area contributed by atoms with E-state index in [1.807, 2.05) is 30.3 Å². The Balaban J connectivity index is 1.39. The van der Waals surface area contributed by atoms with Crippen molar-refractivity contribution in [3.05, 3.63) is 65.2 Å². The molecule has 0 radical (unpaired) electrons. The fourth-order valence-electron chi connectivity index (χ4n) is 2.79. The van der Waals surface area contributed by atoms with E-state index in [4.69, 9.17) is 16.3 Å². The third kappa shape index (κ3) is 6.15. The second-order valence-electron chi connectivity index (χ2n) is 6.40. The van der Waals surface area contributed by atoms with E-state index < -0.39 is 18.5 Å². The van der Waals surface area contributed by atoms with Crippen LogP contribution in [0.4, 0.5) is 5.69 Å². The normalized spacial score (nSPS) is 13.0. The highest BCUT2D eigenvalue weighted by Crippen LogP contribution is 2.16. The Morgan fingerprint density at radius 3 is 2.62 bits per heavy atom. The number of hydrogen-bond acceptors (Lipinski definition) is 5. The summed E-state index contributed by atoms with van der Waals surface area (Å²) >= 11 is 5.84. The van der Waals surface area contributed by atoms with E-state index in [0.29, 0.717) is 23.7 Å². The van der Waals surface area contributed by atoms with Gasteiger partial charge in [-0.25, -0.2) is 5.01 Å². The van der Waals surface area contributed by atoms with Crippen molar-refractivity contribution in [1.82, 2.24) is 5.01 Å². The minimum absolute atomic E-state index is 0.0275. The first kappa shape index (κ1) is 20.5. The lowest BCUT2D eigenvalue weighted by Crippen LogP contribution is -2.25. The van der Waals surface area contributed by atoms with Gasteiger partial charge in [-0.05, 0) is 23.8 Å². The number of benzene rings is 2. The third-order valence-corrected chi connectivity index (χ3v) is 4.45. The molecule has 1 N–H and O–H groups in total. The minimum Gasteiger partial charge on any atom is -0.456 e. The lowest BCUT2D eigenvalue weighted by molar-refractivity contribution is -0.148. The van der Waals surface area contributed by atoms with Gasteiger partial charge >= 0.3 is 5.97 Å². The highest BCUT2D eigenvalue weighted by atomic mass is 35.5. The van der Waals surface area contributed by atoms with E-state index in [1.54, 1.807) is 24.3 Å². The molecule has 0 bridgehead atoms. The quantitative estimate of drug-likeness (QED) is 0.706. The number of carbonyl (C=O) groups is 3. The molecule has 2 aromatic rings. The predicted molar refractivity (Wildman–Crippen MR) is 110 cm³/mol. The first-order chi connectivity index (χ1) is 14.0. The highest BCUT2D eigenvalue weighted by molar-refractivity contribution is 6.30. The summed E-state index contributed by atoms with van der Waals surface area (Å²) in [5, 5.41) is 8.77. The molecule has 0 fully saturated rings. The SMILES string of the molecule is O=C(COC(=O)CCC(=O)N1CCC(c2ccccc2)=N1)Nc1cccc(Cl)c1. The maximum Gasteiger partial charge on any atom is 0.306 e. The maximum absolute atomic E-state index is 12.3. The van der Waals surface area contributed by atoms with Crippen LogP contribution in [0.3, 0.4) is 0 Å². The molecule has 0 saturated heterocycles. The van der Waals surface area contributed by atoms with Crippen LogP contribution in [-0.2, 0) is 19.1 Å². The monoisotopic (exact) mass is 413 g/mol. The molecule has 0 aromatic heterocycles. The molecule has 2 aromatic carbocycles. The van der Waals surface area contributed by atoms with E-state index >= 15 is 0 Å². The van der Waals surface area contributed by atoms with E-state index in [9.17, 15) is 14.4 Å². The molecule has 29 heavy (non-hydrogen) atoms. The van der Waals surface area contributed by atoms with Gasteiger partial charge in [0.1, 0.15) is 0 Å². The van der Waals surface area contributed by atoms with Gasteiger partial charge in [0.15, 0.2) is 6.61 Å². The Kier molecular flexibility index (Phi) is 6.97. The van der Waals surface area contributed by atoms with Gasteiger partial charge in [0.2, 0.25) is 5.91 Å². The molecule has 0 unspecified atom stereocenters. The molecule has 7 nitrogen and oxygen atoms in total. The Bertz CT molecular complexity index is 931. The Labute approximate surface area is 173 Å². The number of nitrogens with one attached hydrogen (secondary N) is 1. The molecule has 1 aliphatic heterocycles. The van der Waals surface area contributed by atoms with E-state index in [1.165, 1.54) is 5.01 Å². The molecule has 1 aliphatic rings. The molecule has 0 aliphatic carbocycles. The van der Waals surface area contributed by atoms with E-state index in [2.05, 4.69) is 10.4 Å². The van der Waals surface area contributed by atoms with Gasteiger partial charge in [0.25, 0.3) is 5.91 Å². The van der Waals surface area contributed by atoms with E-state index in [-0.39, 0.29) is 18.7 Å². The zero-order valence-corrected chi connectivity index (χ0v) is 16.4. The largest absolute Gasteiger partial charge is 0.456 e. The van der Waals surface area contributed by atoms with Gasteiger partial charge < -0.3 is 10.1 Å². The molecule has 8 heteroatoms. The standard InChI is InChI=1S/C21H20ClN3O4/c22-16-7-4-8-17(13-16)23-19(26)14-29-21(28)10-9-20(27)25-12-11-18(24-25)15-5-2-1-3-6-15/h1-8,13H,9-12,14H2,(H,23,26). The molecule has 0 saturated carbocycles. The van der Waals surface area contributed by atoms with Gasteiger partial charge in [0, 0.05) is 23.6 Å². The molecular formula is C21H20ClN3O4. The summed E-state index contributed by atoms with van der Waals surface area (Å²) in [7, 11) is 0. The van der Waals surface area contributed by atoms with Crippen molar-refractivity contribution in [3.8, 4) is 0 Å². The maximum atomic E-state index is 12.3. The molecular weight excluding hydrogens is 394 g/mol. The molecule has 2 amide bonds. The van der Waals surface area contributed by atoms with Crippen LogP contribution in [0, 0.1) is 0 Å². The van der Waals surface area contributed by atoms with Gasteiger partial charge in [-0.3, -0.25) is 14.4 Å². The van der Waals surface area contributed by atoms with Crippen molar-refractivity contribution in [2.24, 2.45) is 5.10 Å². The van der Waals surface area contributed by atoms with Crippen molar-refractivity contribution < 1.29 is 19.1 Å². The fourth-order valence-corrected chi connectivity index (χ4v) is 2.98. The number of hydrazone groups is 1. The second kappa shape index (κ2) is 9.84. The van der Waals surface area contributed by atoms with Crippen molar-refractivity contribution in [3.63, 3.8) is 0 Å². The fraction of sp³-hybridized carbons (Fsp3) is 0.238. The van der Waals surface area contributed by atoms with Crippen molar-refractivity contribution in [1.29, 1.82) is 0 Å². The molecule has 150 valence electrons. The summed E-state index contributed by atoms with van der Waals surface area (Å²) in [4.78, 5) is 35.9. The average molecular weight is 414 g/mol. The smallest absolute Gasteiger partial charge is 0.306 e. The molecule has 0 atom stereocenters. The second-order valence-corrected chi connectivity index (χ2v) is 6.84. The van der Waals surface area contributed by atoms with Crippen LogP contribution in [0.2, 0.25) is 5.02 Å². The predicted octanol–water partition coefficient (Wildman–Crippen LogP) is 3.24. The van der Waals surface area contributed by atoms with Crippen LogP contribution < -0.4 is 5.32 Å². The van der Waals surface area contributed by atoms with Gasteiger partial charge in [-0.15, -0.1) is 0 Å². The number of nitrogens with zero attached hydrogens (tertiary/aromatic N) is 2. The number of esters is 1. The highest BCUT2D eigenvalue weighted by Gasteiger charge is 2.22. The zero-order chi connectivity index (χ0) is 20.6. The van der Waals surface area contributed by atoms with Crippen molar-refractivity contribution in [2.45, 2.75) is 19.3 Å². The molecule has 3 rings (SSSR count). The summed E-state index contributed by atoms with van der Waals surface area (Å²) < 4.78 is 4.92. The summed E-state index contributed by atoms with van der Waals surface area (Å²) in [6.45, 7) is 0.0553. The number of amides is 2. The Morgan fingerprint density at radius 2 is 1.86 bits per heavy atom. The topological polar surface area (TPSA) is 88.1 Å². The summed E-state index contributed by atoms with van der Waals surface area (Å²) in [5.41, 5.74) is 2.34. The van der Waals surface area contributed by atoms with Crippen LogP contribution in [0.25, 0.3) is 0 Å². The Morgan fingerprint density at radius 1 is 1.07 bits per heavy atom. The zero-order valence-electron chi connectivity index (χ0n) is 15.6. The third-order valence-electron chi connectivity index (χ3n) is 4.21. The van der Waals surface area contributed by atoms with E-state index in [0.717, 1.165) is 11.3 Å². The summed E-state index contributed by atoms with van der Waals surface area (Å²) in [6, 6.07) is 16.3. The average Bonchev–Trinajstić information content (AvgIpc) is 3.21. The number of rotatable bonds is 7. The van der Waals surface area contributed by atoms with Crippen LogP contribution in [-0.4, -0.2) is 41.7 Å². The summed E-state index contributed by atoms with van der Waals surface area (Å²) in [6.07, 6.45) is 0.528. The summed E-state index contributed by atoms with van der Waals surface area (Å²) in [5.74, 6) is -1.36. The van der Waals surface area contributed by atoms with Crippen LogP contribution in [0.1, 0.15) is 24.8 Å². The number of carbonyl (C=O) groups excluding carboxylic acids is 3. The van der Waals surface area contributed by atoms with Gasteiger partial charge in [0.05, 0.1) is 18.7 Å². The number of ether oxygens (including phenoxy) is 1. The van der Waals surface area contributed by atoms with Crippen LogP contribution in [0.15, 0.2) is 59.7 Å². The first-order valence-corrected chi connectivity index (χ1v) is 9.53. The van der Waals surface area contributed by atoms with Crippen molar-refractivity contribution >= 4 is 40.8 Å². The number of anilines is 1. The first-order valence-electron chi connectivity index (χ1n) is 9.15. The lowest BCUT2D eigenvalue weighted by Gasteiger charge is -2.11. The molecule has 0 spiro atoms. The van der Waals surface area contributed by atoms with Gasteiger partial charge in [-0.2, -0.15) is 5.10 Å². The van der Waals surface area contributed by atoms with Crippen molar-refractivity contribution in [2.75, 3.05) is 18.5 Å². The lowest BCUT2D eigenvalue weighted by atomic mass is 10.1. The van der Waals surface area contributed by atoms with Crippen LogP contribution >= 0.6 is 11.6 Å². The number of hydrogen-bond donors (Lipinski definition) is 1. The Hall–Kier alpha value is -3.19. The minimum atomic E-state index is -0.619. The van der Waals surface area contributed by atoms with Gasteiger partial charge in [-0.1, -0.05) is 48.0 Å². The molecule has 1 heterocycles. The van der Waals surface area contributed by atoms with Crippen LogP contribution in [0.5, 0.6) is 0 Å².